The largest absolute Gasteiger partial charge is 0.354 e. The lowest BCUT2D eigenvalue weighted by molar-refractivity contribution is -0.121. The summed E-state index contributed by atoms with van der Waals surface area (Å²) in [5.74, 6) is 0.199. The number of aromatic amines is 1. The Morgan fingerprint density at radius 3 is 2.39 bits per heavy atom. The quantitative estimate of drug-likeness (QED) is 0.405. The molecule has 2 fully saturated rings. The molecule has 1 saturated carbocycles. The highest BCUT2D eigenvalue weighted by Crippen LogP contribution is 2.31. The molecule has 3 N–H and O–H groups in total. The van der Waals surface area contributed by atoms with E-state index in [1.165, 1.54) is 34.1 Å². The van der Waals surface area contributed by atoms with Gasteiger partial charge in [-0.15, -0.1) is 0 Å². The molecule has 1 aliphatic heterocycles. The number of piperidine rings is 1. The maximum Gasteiger partial charge on any atom is 0.321 e. The summed E-state index contributed by atoms with van der Waals surface area (Å²) >= 11 is 0. The Kier molecular flexibility index (Phi) is 8.01. The zero-order valence-corrected chi connectivity index (χ0v) is 21.1. The first-order valence-corrected chi connectivity index (χ1v) is 13.6. The Morgan fingerprint density at radius 1 is 0.889 bits per heavy atom. The minimum atomic E-state index is -0.322. The minimum absolute atomic E-state index is 0.145. The molecule has 3 aromatic rings. The lowest BCUT2D eigenvalue weighted by Gasteiger charge is -2.31. The molecule has 0 unspecified atom stereocenters. The highest BCUT2D eigenvalue weighted by atomic mass is 16.2. The third-order valence-electron chi connectivity index (χ3n) is 7.93. The molecule has 190 valence electrons. The number of carbonyl (C=O) groups excluding carboxylic acids is 2. The van der Waals surface area contributed by atoms with Crippen LogP contribution in [0.3, 0.4) is 0 Å². The highest BCUT2D eigenvalue weighted by molar-refractivity contribution is 5.94. The number of nitrogens with one attached hydrogen (secondary N) is 3. The van der Waals surface area contributed by atoms with E-state index in [0.717, 1.165) is 64.6 Å². The number of imide groups is 1. The molecule has 5 rings (SSSR count). The van der Waals surface area contributed by atoms with E-state index in [1.807, 2.05) is 0 Å². The van der Waals surface area contributed by atoms with Gasteiger partial charge in [-0.3, -0.25) is 10.1 Å². The second kappa shape index (κ2) is 11.7. The summed E-state index contributed by atoms with van der Waals surface area (Å²) in [6, 6.07) is 19.0. The molecule has 6 heteroatoms. The fourth-order valence-electron chi connectivity index (χ4n) is 5.90. The van der Waals surface area contributed by atoms with Gasteiger partial charge in [-0.25, -0.2) is 4.79 Å². The standard InChI is InChI=1S/C30H38N4O2/c35-28(33-30(36)31-24-11-5-2-6-12-24)21-22-15-18-34(19-16-22)20-17-26-25-13-7-8-14-27(25)32-29(26)23-9-3-1-4-10-23/h1,3-4,7-10,13-14,22,24,32H,2,5-6,11-12,15-21H2,(H2,31,33,35,36). The molecule has 6 nitrogen and oxygen atoms in total. The van der Waals surface area contributed by atoms with E-state index in [4.69, 9.17) is 0 Å². The van der Waals surface area contributed by atoms with Crippen molar-refractivity contribution in [1.29, 1.82) is 0 Å². The second-order valence-electron chi connectivity index (χ2n) is 10.5. The number of hydrogen-bond acceptors (Lipinski definition) is 3. The van der Waals surface area contributed by atoms with E-state index in [1.54, 1.807) is 0 Å². The van der Waals surface area contributed by atoms with E-state index in [9.17, 15) is 9.59 Å². The van der Waals surface area contributed by atoms with E-state index in [-0.39, 0.29) is 18.0 Å². The summed E-state index contributed by atoms with van der Waals surface area (Å²) in [5, 5.41) is 6.83. The number of hydrogen-bond donors (Lipinski definition) is 3. The van der Waals surface area contributed by atoms with E-state index < -0.39 is 0 Å². The molecule has 3 amide bonds. The maximum absolute atomic E-state index is 12.4. The monoisotopic (exact) mass is 486 g/mol. The number of carbonyl (C=O) groups is 2. The van der Waals surface area contributed by atoms with E-state index in [0.29, 0.717) is 12.3 Å². The van der Waals surface area contributed by atoms with Gasteiger partial charge in [-0.2, -0.15) is 0 Å². The van der Waals surface area contributed by atoms with Gasteiger partial charge in [0.1, 0.15) is 0 Å². The summed E-state index contributed by atoms with van der Waals surface area (Å²) in [6.45, 7) is 2.99. The Bertz CT molecular complexity index is 1160. The Morgan fingerprint density at radius 2 is 1.61 bits per heavy atom. The van der Waals surface area contributed by atoms with Crippen LogP contribution in [0.1, 0.15) is 56.9 Å². The average Bonchev–Trinajstić information content (AvgIpc) is 3.28. The van der Waals surface area contributed by atoms with Crippen molar-refractivity contribution < 1.29 is 9.59 Å². The van der Waals surface area contributed by atoms with Crippen LogP contribution in [0.2, 0.25) is 0 Å². The Hall–Kier alpha value is -3.12. The van der Waals surface area contributed by atoms with Crippen LogP contribution in [-0.4, -0.2) is 47.5 Å². The molecule has 2 aromatic carbocycles. The van der Waals surface area contributed by atoms with Gasteiger partial charge in [0.15, 0.2) is 0 Å². The van der Waals surface area contributed by atoms with Gasteiger partial charge in [-0.05, 0) is 68.3 Å². The van der Waals surface area contributed by atoms with Crippen molar-refractivity contribution in [1.82, 2.24) is 20.5 Å². The van der Waals surface area contributed by atoms with E-state index >= 15 is 0 Å². The number of rotatable bonds is 7. The van der Waals surface area contributed by atoms with Crippen LogP contribution in [0.25, 0.3) is 22.2 Å². The molecule has 1 saturated heterocycles. The molecule has 0 bridgehead atoms. The highest BCUT2D eigenvalue weighted by Gasteiger charge is 2.24. The van der Waals surface area contributed by atoms with Gasteiger partial charge in [0, 0.05) is 35.6 Å². The molecule has 0 spiro atoms. The first-order chi connectivity index (χ1) is 17.7. The number of likely N-dealkylation sites (tertiary alicyclic amines) is 1. The molecular formula is C30H38N4O2. The second-order valence-corrected chi connectivity index (χ2v) is 10.5. The maximum atomic E-state index is 12.4. The molecule has 2 heterocycles. The molecule has 0 atom stereocenters. The van der Waals surface area contributed by atoms with Crippen LogP contribution >= 0.6 is 0 Å². The van der Waals surface area contributed by atoms with Gasteiger partial charge in [-0.1, -0.05) is 67.8 Å². The van der Waals surface area contributed by atoms with Crippen LogP contribution in [0.15, 0.2) is 54.6 Å². The molecular weight excluding hydrogens is 448 g/mol. The summed E-state index contributed by atoms with van der Waals surface area (Å²) in [4.78, 5) is 30.8. The summed E-state index contributed by atoms with van der Waals surface area (Å²) in [6.07, 6.45) is 9.02. The SMILES string of the molecule is O=C(CC1CCN(CCc2c(-c3ccccc3)[nH]c3ccccc23)CC1)NC(=O)NC1CCCCC1. The van der Waals surface area contributed by atoms with Crippen LogP contribution in [0, 0.1) is 5.92 Å². The van der Waals surface area contributed by atoms with Crippen LogP contribution in [-0.2, 0) is 11.2 Å². The van der Waals surface area contributed by atoms with Gasteiger partial charge in [0.2, 0.25) is 5.91 Å². The Balaban J connectivity index is 1.10. The number of amides is 3. The van der Waals surface area contributed by atoms with Crippen LogP contribution in [0.4, 0.5) is 4.79 Å². The number of benzene rings is 2. The topological polar surface area (TPSA) is 77.2 Å². The summed E-state index contributed by atoms with van der Waals surface area (Å²) < 4.78 is 0. The minimum Gasteiger partial charge on any atom is -0.354 e. The lowest BCUT2D eigenvalue weighted by atomic mass is 9.92. The van der Waals surface area contributed by atoms with Crippen molar-refractivity contribution in [3.05, 3.63) is 60.2 Å². The van der Waals surface area contributed by atoms with Crippen LogP contribution < -0.4 is 10.6 Å². The van der Waals surface area contributed by atoms with Crippen molar-refractivity contribution in [2.75, 3.05) is 19.6 Å². The lowest BCUT2D eigenvalue weighted by Crippen LogP contribution is -2.46. The Labute approximate surface area is 213 Å². The third kappa shape index (κ3) is 6.16. The van der Waals surface area contributed by atoms with Gasteiger partial charge in [0.25, 0.3) is 0 Å². The normalized spacial score (nSPS) is 17.8. The number of fused-ring (bicyclic) bond motifs is 1. The summed E-state index contributed by atoms with van der Waals surface area (Å²) in [7, 11) is 0. The smallest absolute Gasteiger partial charge is 0.321 e. The van der Waals surface area contributed by atoms with Crippen molar-refractivity contribution in [3.8, 4) is 11.3 Å². The average molecular weight is 487 g/mol. The predicted octanol–water partition coefficient (Wildman–Crippen LogP) is 5.64. The summed E-state index contributed by atoms with van der Waals surface area (Å²) in [5.41, 5.74) is 5.00. The zero-order valence-electron chi connectivity index (χ0n) is 21.1. The molecule has 0 radical (unpaired) electrons. The molecule has 1 aliphatic carbocycles. The van der Waals surface area contributed by atoms with Gasteiger partial charge >= 0.3 is 6.03 Å². The zero-order chi connectivity index (χ0) is 24.7. The molecule has 36 heavy (non-hydrogen) atoms. The fourth-order valence-corrected chi connectivity index (χ4v) is 5.90. The molecule has 2 aliphatic rings. The van der Waals surface area contributed by atoms with Crippen LogP contribution in [0.5, 0.6) is 0 Å². The van der Waals surface area contributed by atoms with Gasteiger partial charge < -0.3 is 15.2 Å². The first kappa shape index (κ1) is 24.6. The number of para-hydroxylation sites is 1. The predicted molar refractivity (Wildman–Crippen MR) is 145 cm³/mol. The van der Waals surface area contributed by atoms with E-state index in [2.05, 4.69) is 75.1 Å². The number of aromatic nitrogens is 1. The van der Waals surface area contributed by atoms with Crippen molar-refractivity contribution in [2.45, 2.75) is 63.8 Å². The van der Waals surface area contributed by atoms with Gasteiger partial charge in [0.05, 0.1) is 0 Å². The van der Waals surface area contributed by atoms with Crippen molar-refractivity contribution in [2.24, 2.45) is 5.92 Å². The third-order valence-corrected chi connectivity index (χ3v) is 7.93. The van der Waals surface area contributed by atoms with Crippen molar-refractivity contribution >= 4 is 22.8 Å². The molecule has 1 aromatic heterocycles. The number of nitrogens with zero attached hydrogens (tertiary/aromatic N) is 1. The first-order valence-electron chi connectivity index (χ1n) is 13.6. The fraction of sp³-hybridized carbons (Fsp3) is 0.467. The van der Waals surface area contributed by atoms with Crippen molar-refractivity contribution in [3.63, 3.8) is 0 Å². The number of H-pyrrole nitrogens is 1. The number of urea groups is 1.